The lowest BCUT2D eigenvalue weighted by Crippen LogP contribution is -2.17. The van der Waals surface area contributed by atoms with Gasteiger partial charge in [0.1, 0.15) is 5.75 Å². The number of nitrogens with one attached hydrogen (secondary N) is 1. The van der Waals surface area contributed by atoms with Crippen LogP contribution in [0.5, 0.6) is 5.75 Å². The molecule has 6 nitrogen and oxygen atoms in total. The molecule has 0 heterocycles. The van der Waals surface area contributed by atoms with Crippen LogP contribution in [0.2, 0.25) is 0 Å². The van der Waals surface area contributed by atoms with Crippen molar-refractivity contribution in [3.8, 4) is 5.75 Å². The first kappa shape index (κ1) is 20.1. The maximum atomic E-state index is 12.8. The normalized spacial score (nSPS) is 11.5. The molecule has 0 aliphatic rings. The zero-order valence-electron chi connectivity index (χ0n) is 16.3. The van der Waals surface area contributed by atoms with Gasteiger partial charge in [-0.25, -0.2) is 0 Å². The van der Waals surface area contributed by atoms with Crippen molar-refractivity contribution >= 4 is 17.3 Å². The van der Waals surface area contributed by atoms with Crippen molar-refractivity contribution in [2.75, 3.05) is 12.4 Å². The number of non-ortho nitro benzene ring substituents is 1. The molecule has 0 radical (unpaired) electrons. The Labute approximate surface area is 169 Å². The van der Waals surface area contributed by atoms with Crippen LogP contribution < -0.4 is 10.1 Å². The summed E-state index contributed by atoms with van der Waals surface area (Å²) >= 11 is 0. The molecule has 0 bridgehead atoms. The molecule has 1 N–H and O–H groups in total. The largest absolute Gasteiger partial charge is 0.497 e. The summed E-state index contributed by atoms with van der Waals surface area (Å²) in [7, 11) is 1.61. The molecule has 3 aromatic rings. The average molecular weight is 390 g/mol. The van der Waals surface area contributed by atoms with Crippen LogP contribution >= 0.6 is 0 Å². The van der Waals surface area contributed by atoms with Gasteiger partial charge < -0.3 is 10.1 Å². The molecule has 0 spiro atoms. The summed E-state index contributed by atoms with van der Waals surface area (Å²) in [5.41, 5.74) is 3.17. The summed E-state index contributed by atoms with van der Waals surface area (Å²) in [6, 6.07) is 21.9. The van der Waals surface area contributed by atoms with Crippen molar-refractivity contribution < 1.29 is 14.5 Å². The molecule has 29 heavy (non-hydrogen) atoms. The van der Waals surface area contributed by atoms with Crippen LogP contribution in [0.3, 0.4) is 0 Å². The molecule has 0 aliphatic carbocycles. The highest BCUT2D eigenvalue weighted by atomic mass is 16.6. The van der Waals surface area contributed by atoms with Gasteiger partial charge in [0.05, 0.1) is 17.7 Å². The van der Waals surface area contributed by atoms with E-state index < -0.39 is 4.92 Å². The van der Waals surface area contributed by atoms with Gasteiger partial charge in [-0.15, -0.1) is 0 Å². The summed E-state index contributed by atoms with van der Waals surface area (Å²) < 4.78 is 5.22. The van der Waals surface area contributed by atoms with Crippen LogP contribution in [-0.4, -0.2) is 17.9 Å². The number of methoxy groups -OCH3 is 1. The van der Waals surface area contributed by atoms with Crippen LogP contribution in [0.4, 0.5) is 11.4 Å². The van der Waals surface area contributed by atoms with Crippen LogP contribution in [0.1, 0.15) is 29.0 Å². The molecule has 1 atom stereocenters. The van der Waals surface area contributed by atoms with E-state index in [1.807, 2.05) is 54.6 Å². The Bertz CT molecular complexity index is 1000. The van der Waals surface area contributed by atoms with Crippen LogP contribution in [0.15, 0.2) is 72.8 Å². The Kier molecular flexibility index (Phi) is 6.24. The van der Waals surface area contributed by atoms with E-state index in [0.29, 0.717) is 5.69 Å². The zero-order chi connectivity index (χ0) is 20.8. The quantitative estimate of drug-likeness (QED) is 0.451. The molecule has 3 aromatic carbocycles. The second kappa shape index (κ2) is 9.01. The van der Waals surface area contributed by atoms with Crippen molar-refractivity contribution in [1.29, 1.82) is 0 Å². The number of hydrogen-bond acceptors (Lipinski definition) is 4. The highest BCUT2D eigenvalue weighted by Crippen LogP contribution is 2.30. The van der Waals surface area contributed by atoms with Gasteiger partial charge in [-0.05, 0) is 35.7 Å². The first-order chi connectivity index (χ1) is 14.0. The number of amides is 1. The van der Waals surface area contributed by atoms with Crippen LogP contribution in [0.25, 0.3) is 0 Å². The summed E-state index contributed by atoms with van der Waals surface area (Å²) in [6.07, 6.45) is 0.207. The van der Waals surface area contributed by atoms with Gasteiger partial charge in [0, 0.05) is 24.5 Å². The molecule has 0 saturated heterocycles. The number of anilines is 1. The number of aryl methyl sites for hydroxylation is 1. The van der Waals surface area contributed by atoms with Crippen molar-refractivity contribution in [2.45, 2.75) is 19.3 Å². The fraction of sp³-hybridized carbons (Fsp3) is 0.174. The van der Waals surface area contributed by atoms with Crippen molar-refractivity contribution in [3.63, 3.8) is 0 Å². The molecule has 0 unspecified atom stereocenters. The Morgan fingerprint density at radius 3 is 2.31 bits per heavy atom. The van der Waals surface area contributed by atoms with Gasteiger partial charge in [-0.1, -0.05) is 48.5 Å². The molecular weight excluding hydrogens is 368 g/mol. The van der Waals surface area contributed by atoms with Crippen molar-refractivity contribution in [1.82, 2.24) is 0 Å². The molecule has 0 fully saturated rings. The standard InChI is InChI=1S/C23H22N2O4/c1-16-8-11-19(25(27)28)14-22(16)24-23(26)15-21(17-6-4-3-5-7-17)18-9-12-20(29-2)13-10-18/h3-14,21H,15H2,1-2H3,(H,24,26)/t21-/m0/s1. The molecule has 148 valence electrons. The summed E-state index contributed by atoms with van der Waals surface area (Å²) in [5, 5.41) is 13.9. The van der Waals surface area contributed by atoms with Gasteiger partial charge in [-0.3, -0.25) is 14.9 Å². The molecule has 0 aliphatic heterocycles. The minimum absolute atomic E-state index is 0.0549. The number of benzene rings is 3. The second-order valence-corrected chi connectivity index (χ2v) is 6.75. The van der Waals surface area contributed by atoms with E-state index in [1.165, 1.54) is 12.1 Å². The SMILES string of the molecule is COc1ccc([C@@H](CC(=O)Nc2cc([N+](=O)[O-])ccc2C)c2ccccc2)cc1. The number of rotatable bonds is 7. The molecule has 6 heteroatoms. The van der Waals surface area contributed by atoms with Gasteiger partial charge in [0.2, 0.25) is 5.91 Å². The van der Waals surface area contributed by atoms with E-state index in [-0.39, 0.29) is 23.9 Å². The van der Waals surface area contributed by atoms with Gasteiger partial charge in [-0.2, -0.15) is 0 Å². The Balaban J connectivity index is 1.85. The Hall–Kier alpha value is -3.67. The lowest BCUT2D eigenvalue weighted by atomic mass is 9.88. The summed E-state index contributed by atoms with van der Waals surface area (Å²) in [4.78, 5) is 23.4. The highest BCUT2D eigenvalue weighted by Gasteiger charge is 2.19. The third-order valence-corrected chi connectivity index (χ3v) is 4.82. The monoisotopic (exact) mass is 390 g/mol. The minimum atomic E-state index is -0.473. The topological polar surface area (TPSA) is 81.5 Å². The third kappa shape index (κ3) is 4.99. The summed E-state index contributed by atoms with van der Waals surface area (Å²) in [6.45, 7) is 1.80. The molecule has 3 rings (SSSR count). The number of ether oxygens (including phenoxy) is 1. The van der Waals surface area contributed by atoms with Crippen LogP contribution in [-0.2, 0) is 4.79 Å². The fourth-order valence-electron chi connectivity index (χ4n) is 3.19. The highest BCUT2D eigenvalue weighted by molar-refractivity contribution is 5.92. The van der Waals surface area contributed by atoms with E-state index in [0.717, 1.165) is 22.4 Å². The molecular formula is C23H22N2O4. The zero-order valence-corrected chi connectivity index (χ0v) is 16.3. The maximum absolute atomic E-state index is 12.8. The average Bonchev–Trinajstić information content (AvgIpc) is 2.74. The molecule has 1 amide bonds. The lowest BCUT2D eigenvalue weighted by molar-refractivity contribution is -0.384. The summed E-state index contributed by atoms with van der Waals surface area (Å²) in [5.74, 6) is 0.386. The number of hydrogen-bond donors (Lipinski definition) is 1. The second-order valence-electron chi connectivity index (χ2n) is 6.75. The molecule has 0 saturated carbocycles. The number of carbonyl (C=O) groups is 1. The molecule has 0 aromatic heterocycles. The number of nitro benzene ring substituents is 1. The van der Waals surface area contributed by atoms with Gasteiger partial charge in [0.25, 0.3) is 5.69 Å². The number of nitro groups is 1. The van der Waals surface area contributed by atoms with E-state index in [9.17, 15) is 14.9 Å². The maximum Gasteiger partial charge on any atom is 0.271 e. The van der Waals surface area contributed by atoms with E-state index >= 15 is 0 Å². The fourth-order valence-corrected chi connectivity index (χ4v) is 3.19. The van der Waals surface area contributed by atoms with E-state index in [4.69, 9.17) is 4.74 Å². The van der Waals surface area contributed by atoms with Crippen molar-refractivity contribution in [3.05, 3.63) is 99.6 Å². The Morgan fingerprint density at radius 2 is 1.69 bits per heavy atom. The number of carbonyl (C=O) groups excluding carboxylic acids is 1. The third-order valence-electron chi connectivity index (χ3n) is 4.82. The smallest absolute Gasteiger partial charge is 0.271 e. The lowest BCUT2D eigenvalue weighted by Gasteiger charge is -2.18. The predicted molar refractivity (Wildman–Crippen MR) is 112 cm³/mol. The van der Waals surface area contributed by atoms with E-state index in [1.54, 1.807) is 20.1 Å². The number of nitrogens with zero attached hydrogens (tertiary/aromatic N) is 1. The van der Waals surface area contributed by atoms with E-state index in [2.05, 4.69) is 5.32 Å². The van der Waals surface area contributed by atoms with Crippen molar-refractivity contribution in [2.24, 2.45) is 0 Å². The van der Waals surface area contributed by atoms with Crippen LogP contribution in [0, 0.1) is 17.0 Å². The first-order valence-corrected chi connectivity index (χ1v) is 9.21. The Morgan fingerprint density at radius 1 is 1.03 bits per heavy atom. The first-order valence-electron chi connectivity index (χ1n) is 9.21. The minimum Gasteiger partial charge on any atom is -0.497 e. The van der Waals surface area contributed by atoms with Gasteiger partial charge >= 0.3 is 0 Å². The predicted octanol–water partition coefficient (Wildman–Crippen LogP) is 5.07. The van der Waals surface area contributed by atoms with Gasteiger partial charge in [0.15, 0.2) is 0 Å².